The number of H-pyrrole nitrogens is 1. The van der Waals surface area contributed by atoms with E-state index in [1.165, 1.54) is 17.5 Å². The zero-order valence-electron chi connectivity index (χ0n) is 13.0. The Kier molecular flexibility index (Phi) is 3.94. The van der Waals surface area contributed by atoms with E-state index in [2.05, 4.69) is 43.6 Å². The molecule has 3 aromatic rings. The van der Waals surface area contributed by atoms with E-state index >= 15 is 0 Å². The highest BCUT2D eigenvalue weighted by molar-refractivity contribution is 9.10. The predicted molar refractivity (Wildman–Crippen MR) is 98.1 cm³/mol. The van der Waals surface area contributed by atoms with Crippen LogP contribution < -0.4 is 5.32 Å². The van der Waals surface area contributed by atoms with Gasteiger partial charge in [0.15, 0.2) is 0 Å². The summed E-state index contributed by atoms with van der Waals surface area (Å²) in [6, 6.07) is 15.7. The van der Waals surface area contributed by atoms with Crippen LogP contribution in [-0.4, -0.2) is 16.1 Å². The first-order chi connectivity index (χ1) is 11.7. The Morgan fingerprint density at radius 2 is 1.83 bits per heavy atom. The summed E-state index contributed by atoms with van der Waals surface area (Å²) in [4.78, 5) is 12.4. The normalized spacial score (nSPS) is 12.9. The number of nitrogens with zero attached hydrogens (tertiary/aromatic N) is 1. The molecule has 1 aliphatic rings. The van der Waals surface area contributed by atoms with Gasteiger partial charge >= 0.3 is 0 Å². The minimum absolute atomic E-state index is 0.177. The molecule has 4 nitrogen and oxygen atoms in total. The Morgan fingerprint density at radius 1 is 1.04 bits per heavy atom. The highest BCUT2D eigenvalue weighted by Crippen LogP contribution is 2.25. The second-order valence-corrected chi connectivity index (χ2v) is 6.88. The fraction of sp³-hybridized carbons (Fsp3) is 0.158. The summed E-state index contributed by atoms with van der Waals surface area (Å²) in [6.07, 6.45) is 3.43. The number of benzene rings is 2. The molecule has 1 aromatic heterocycles. The van der Waals surface area contributed by atoms with Gasteiger partial charge in [0.05, 0.1) is 5.69 Å². The van der Waals surface area contributed by atoms with Crippen molar-refractivity contribution in [2.75, 3.05) is 5.32 Å². The zero-order chi connectivity index (χ0) is 16.5. The lowest BCUT2D eigenvalue weighted by Crippen LogP contribution is -2.12. The Labute approximate surface area is 148 Å². The van der Waals surface area contributed by atoms with Crippen molar-refractivity contribution < 1.29 is 4.79 Å². The average Bonchev–Trinajstić information content (AvgIpc) is 3.24. The Bertz CT molecular complexity index is 899. The number of carbonyl (C=O) groups excluding carboxylic acids is 1. The maximum atomic E-state index is 12.4. The molecular formula is C19H16BrN3O. The largest absolute Gasteiger partial charge is 0.321 e. The number of fused-ring (bicyclic) bond motifs is 1. The summed E-state index contributed by atoms with van der Waals surface area (Å²) < 4.78 is 1.01. The SMILES string of the molecule is O=C(Nc1ccc2c(c1)CCC2)c1cc(-c2ccc(Br)cc2)n[nH]1. The van der Waals surface area contributed by atoms with Crippen molar-refractivity contribution in [3.8, 4) is 11.3 Å². The van der Waals surface area contributed by atoms with E-state index in [0.717, 1.165) is 34.3 Å². The molecule has 0 atom stereocenters. The maximum absolute atomic E-state index is 12.4. The van der Waals surface area contributed by atoms with Gasteiger partial charge in [-0.1, -0.05) is 34.1 Å². The van der Waals surface area contributed by atoms with Crippen molar-refractivity contribution >= 4 is 27.5 Å². The molecule has 120 valence electrons. The number of aryl methyl sites for hydroxylation is 2. The average molecular weight is 382 g/mol. The van der Waals surface area contributed by atoms with Gasteiger partial charge in [-0.25, -0.2) is 0 Å². The molecule has 1 amide bonds. The molecule has 2 aromatic carbocycles. The van der Waals surface area contributed by atoms with E-state index in [9.17, 15) is 4.79 Å². The van der Waals surface area contributed by atoms with E-state index in [-0.39, 0.29) is 5.91 Å². The van der Waals surface area contributed by atoms with Crippen LogP contribution in [-0.2, 0) is 12.8 Å². The molecule has 2 N–H and O–H groups in total. The summed E-state index contributed by atoms with van der Waals surface area (Å²) in [5.74, 6) is -0.177. The number of carbonyl (C=O) groups is 1. The Balaban J connectivity index is 1.52. The topological polar surface area (TPSA) is 57.8 Å². The fourth-order valence-corrected chi connectivity index (χ4v) is 3.32. The second-order valence-electron chi connectivity index (χ2n) is 5.96. The van der Waals surface area contributed by atoms with Crippen molar-refractivity contribution in [2.45, 2.75) is 19.3 Å². The van der Waals surface area contributed by atoms with Crippen LogP contribution in [0.2, 0.25) is 0 Å². The molecule has 0 radical (unpaired) electrons. The lowest BCUT2D eigenvalue weighted by Gasteiger charge is -2.06. The van der Waals surface area contributed by atoms with E-state index in [0.29, 0.717) is 5.69 Å². The third-order valence-corrected chi connectivity index (χ3v) is 4.85. The molecule has 0 fully saturated rings. The predicted octanol–water partition coefficient (Wildman–Crippen LogP) is 4.58. The molecule has 0 unspecified atom stereocenters. The highest BCUT2D eigenvalue weighted by Gasteiger charge is 2.14. The minimum atomic E-state index is -0.177. The fourth-order valence-electron chi connectivity index (χ4n) is 3.05. The van der Waals surface area contributed by atoms with Crippen LogP contribution >= 0.6 is 15.9 Å². The Hall–Kier alpha value is -2.40. The number of aromatic amines is 1. The Morgan fingerprint density at radius 3 is 2.67 bits per heavy atom. The number of hydrogen-bond acceptors (Lipinski definition) is 2. The molecule has 1 aliphatic carbocycles. The minimum Gasteiger partial charge on any atom is -0.321 e. The van der Waals surface area contributed by atoms with Crippen LogP contribution in [0.15, 0.2) is 53.0 Å². The second kappa shape index (κ2) is 6.24. The standard InChI is InChI=1S/C19H16BrN3O/c20-15-7-4-13(5-8-15)17-11-18(23-22-17)19(24)21-16-9-6-12-2-1-3-14(12)10-16/h4-11H,1-3H2,(H,21,24)(H,22,23). The van der Waals surface area contributed by atoms with Crippen LogP contribution in [0.5, 0.6) is 0 Å². The molecule has 5 heteroatoms. The van der Waals surface area contributed by atoms with Crippen LogP contribution in [0.25, 0.3) is 11.3 Å². The van der Waals surface area contributed by atoms with Crippen molar-refractivity contribution in [1.82, 2.24) is 10.2 Å². The van der Waals surface area contributed by atoms with Gasteiger partial charge in [-0.3, -0.25) is 9.89 Å². The zero-order valence-corrected chi connectivity index (χ0v) is 14.6. The number of rotatable bonds is 3. The van der Waals surface area contributed by atoms with Gasteiger partial charge in [-0.2, -0.15) is 5.10 Å². The highest BCUT2D eigenvalue weighted by atomic mass is 79.9. The van der Waals surface area contributed by atoms with Gasteiger partial charge in [0.2, 0.25) is 0 Å². The molecular weight excluding hydrogens is 366 g/mol. The third-order valence-electron chi connectivity index (χ3n) is 4.32. The lowest BCUT2D eigenvalue weighted by atomic mass is 10.1. The van der Waals surface area contributed by atoms with Crippen molar-refractivity contribution in [2.24, 2.45) is 0 Å². The van der Waals surface area contributed by atoms with Crippen molar-refractivity contribution in [3.05, 3.63) is 69.8 Å². The van der Waals surface area contributed by atoms with Crippen LogP contribution in [0.3, 0.4) is 0 Å². The molecule has 4 rings (SSSR count). The number of nitrogens with one attached hydrogen (secondary N) is 2. The number of amides is 1. The van der Waals surface area contributed by atoms with Crippen LogP contribution in [0, 0.1) is 0 Å². The van der Waals surface area contributed by atoms with E-state index in [1.54, 1.807) is 6.07 Å². The van der Waals surface area contributed by atoms with E-state index in [4.69, 9.17) is 0 Å². The molecule has 24 heavy (non-hydrogen) atoms. The molecule has 1 heterocycles. The molecule has 0 aliphatic heterocycles. The quantitative estimate of drug-likeness (QED) is 0.697. The summed E-state index contributed by atoms with van der Waals surface area (Å²) in [6.45, 7) is 0. The first kappa shape index (κ1) is 15.1. The van der Waals surface area contributed by atoms with Gasteiger partial charge < -0.3 is 5.32 Å². The molecule has 0 saturated carbocycles. The van der Waals surface area contributed by atoms with Crippen molar-refractivity contribution in [1.29, 1.82) is 0 Å². The maximum Gasteiger partial charge on any atom is 0.273 e. The van der Waals surface area contributed by atoms with Gasteiger partial charge in [0.25, 0.3) is 5.91 Å². The number of aromatic nitrogens is 2. The van der Waals surface area contributed by atoms with Crippen molar-refractivity contribution in [3.63, 3.8) is 0 Å². The molecule has 0 spiro atoms. The molecule has 0 bridgehead atoms. The first-order valence-electron chi connectivity index (χ1n) is 7.93. The van der Waals surface area contributed by atoms with Crippen LogP contribution in [0.1, 0.15) is 28.0 Å². The van der Waals surface area contributed by atoms with Crippen LogP contribution in [0.4, 0.5) is 5.69 Å². The van der Waals surface area contributed by atoms with Gasteiger partial charge in [0, 0.05) is 15.7 Å². The first-order valence-corrected chi connectivity index (χ1v) is 8.73. The smallest absolute Gasteiger partial charge is 0.273 e. The van der Waals surface area contributed by atoms with Gasteiger partial charge in [-0.15, -0.1) is 0 Å². The number of anilines is 1. The third kappa shape index (κ3) is 2.99. The van der Waals surface area contributed by atoms with E-state index < -0.39 is 0 Å². The lowest BCUT2D eigenvalue weighted by molar-refractivity contribution is 0.102. The summed E-state index contributed by atoms with van der Waals surface area (Å²) >= 11 is 3.41. The number of halogens is 1. The number of hydrogen-bond donors (Lipinski definition) is 2. The monoisotopic (exact) mass is 381 g/mol. The van der Waals surface area contributed by atoms with Gasteiger partial charge in [0.1, 0.15) is 5.69 Å². The molecule has 0 saturated heterocycles. The van der Waals surface area contributed by atoms with E-state index in [1.807, 2.05) is 30.3 Å². The van der Waals surface area contributed by atoms with Gasteiger partial charge in [-0.05, 0) is 60.7 Å². The summed E-state index contributed by atoms with van der Waals surface area (Å²) in [7, 11) is 0. The summed E-state index contributed by atoms with van der Waals surface area (Å²) in [5.41, 5.74) is 5.74. The summed E-state index contributed by atoms with van der Waals surface area (Å²) in [5, 5.41) is 10.00.